The molecule has 1 atom stereocenters. The quantitative estimate of drug-likeness (QED) is 0.888. The summed E-state index contributed by atoms with van der Waals surface area (Å²) in [5.74, 6) is -0.605. The van der Waals surface area contributed by atoms with Gasteiger partial charge in [0.15, 0.2) is 0 Å². The number of nitrogens with one attached hydrogen (secondary N) is 2. The first-order valence-corrected chi connectivity index (χ1v) is 8.20. The molecule has 1 aromatic carbocycles. The van der Waals surface area contributed by atoms with E-state index in [-0.39, 0.29) is 4.90 Å². The van der Waals surface area contributed by atoms with Crippen LogP contribution in [0.15, 0.2) is 47.5 Å². The number of pyridine rings is 1. The topological polar surface area (TPSA) is 71.1 Å². The highest BCUT2D eigenvalue weighted by Crippen LogP contribution is 2.16. The van der Waals surface area contributed by atoms with Gasteiger partial charge in [0.05, 0.1) is 15.7 Å². The molecule has 0 radical (unpaired) electrons. The molecular formula is C15H16FN3O2S. The lowest BCUT2D eigenvalue weighted by molar-refractivity contribution is 0.252. The number of carbonyl (C=O) groups excluding carboxylic acids is 1. The van der Waals surface area contributed by atoms with Crippen LogP contribution in [0.5, 0.6) is 0 Å². The molecule has 116 valence electrons. The lowest BCUT2D eigenvalue weighted by Crippen LogP contribution is -2.30. The molecule has 5 nitrogen and oxygen atoms in total. The number of halogens is 1. The van der Waals surface area contributed by atoms with Gasteiger partial charge in [-0.2, -0.15) is 0 Å². The maximum absolute atomic E-state index is 13.7. The third kappa shape index (κ3) is 4.63. The molecule has 0 spiro atoms. The van der Waals surface area contributed by atoms with Gasteiger partial charge in [-0.25, -0.2) is 9.18 Å². The van der Waals surface area contributed by atoms with Crippen LogP contribution in [0.4, 0.5) is 14.9 Å². The fourth-order valence-electron chi connectivity index (χ4n) is 1.84. The van der Waals surface area contributed by atoms with Crippen molar-refractivity contribution in [3.8, 4) is 0 Å². The summed E-state index contributed by atoms with van der Waals surface area (Å²) in [7, 11) is -1.40. The van der Waals surface area contributed by atoms with Gasteiger partial charge < -0.3 is 10.6 Å². The van der Waals surface area contributed by atoms with Crippen molar-refractivity contribution < 1.29 is 13.4 Å². The lowest BCUT2D eigenvalue weighted by atomic mass is 10.3. The largest absolute Gasteiger partial charge is 0.337 e. The van der Waals surface area contributed by atoms with Crippen molar-refractivity contribution in [3.63, 3.8) is 0 Å². The van der Waals surface area contributed by atoms with Crippen LogP contribution in [0.1, 0.15) is 5.69 Å². The van der Waals surface area contributed by atoms with Crippen LogP contribution in [0.25, 0.3) is 0 Å². The number of hydrogen-bond acceptors (Lipinski definition) is 3. The van der Waals surface area contributed by atoms with Crippen LogP contribution in [-0.2, 0) is 17.2 Å². The monoisotopic (exact) mass is 321 g/mol. The van der Waals surface area contributed by atoms with E-state index in [1.165, 1.54) is 18.4 Å². The molecule has 0 saturated carbocycles. The SMILES string of the molecule is C[S@](=O)c1ccc(NC(=O)NCCc2ccccn2)cc1F. The first-order chi connectivity index (χ1) is 10.6. The van der Waals surface area contributed by atoms with Gasteiger partial charge in [0.25, 0.3) is 0 Å². The van der Waals surface area contributed by atoms with Crippen molar-refractivity contribution in [1.29, 1.82) is 0 Å². The van der Waals surface area contributed by atoms with E-state index in [1.54, 1.807) is 6.20 Å². The number of carbonyl (C=O) groups is 1. The highest BCUT2D eigenvalue weighted by molar-refractivity contribution is 7.84. The maximum Gasteiger partial charge on any atom is 0.319 e. The van der Waals surface area contributed by atoms with Crippen molar-refractivity contribution in [2.24, 2.45) is 0 Å². The van der Waals surface area contributed by atoms with Crippen LogP contribution in [0.2, 0.25) is 0 Å². The Labute approximate surface area is 130 Å². The molecule has 0 unspecified atom stereocenters. The van der Waals surface area contributed by atoms with Gasteiger partial charge in [-0.3, -0.25) is 9.19 Å². The minimum absolute atomic E-state index is 0.112. The Morgan fingerprint density at radius 1 is 1.32 bits per heavy atom. The minimum atomic E-state index is -1.40. The average molecular weight is 321 g/mol. The zero-order chi connectivity index (χ0) is 15.9. The van der Waals surface area contributed by atoms with Gasteiger partial charge in [-0.15, -0.1) is 0 Å². The molecule has 0 saturated heterocycles. The predicted octanol–water partition coefficient (Wildman–Crippen LogP) is 2.32. The fourth-order valence-corrected chi connectivity index (χ4v) is 2.43. The Morgan fingerprint density at radius 3 is 2.77 bits per heavy atom. The van der Waals surface area contributed by atoms with Gasteiger partial charge in [0.2, 0.25) is 0 Å². The summed E-state index contributed by atoms with van der Waals surface area (Å²) < 4.78 is 24.9. The Kier molecular flexibility index (Phi) is 5.60. The number of amides is 2. The summed E-state index contributed by atoms with van der Waals surface area (Å²) in [6.45, 7) is 0.419. The van der Waals surface area contributed by atoms with Crippen LogP contribution in [0, 0.1) is 5.82 Å². The lowest BCUT2D eigenvalue weighted by Gasteiger charge is -2.08. The zero-order valence-electron chi connectivity index (χ0n) is 12.0. The summed E-state index contributed by atoms with van der Waals surface area (Å²) in [4.78, 5) is 16.0. The van der Waals surface area contributed by atoms with E-state index in [0.717, 1.165) is 11.8 Å². The van der Waals surface area contributed by atoms with E-state index in [4.69, 9.17) is 0 Å². The van der Waals surface area contributed by atoms with Gasteiger partial charge in [0.1, 0.15) is 5.82 Å². The number of urea groups is 1. The third-order valence-electron chi connectivity index (χ3n) is 2.89. The van der Waals surface area contributed by atoms with Gasteiger partial charge >= 0.3 is 6.03 Å². The Balaban J connectivity index is 1.84. The summed E-state index contributed by atoms with van der Waals surface area (Å²) >= 11 is 0. The molecule has 0 bridgehead atoms. The number of benzene rings is 1. The predicted molar refractivity (Wildman–Crippen MR) is 83.7 cm³/mol. The van der Waals surface area contributed by atoms with Crippen molar-refractivity contribution in [2.75, 3.05) is 18.1 Å². The molecule has 0 aliphatic rings. The van der Waals surface area contributed by atoms with Crippen molar-refractivity contribution >= 4 is 22.5 Å². The normalized spacial score (nSPS) is 11.7. The molecule has 2 aromatic rings. The van der Waals surface area contributed by atoms with Crippen LogP contribution >= 0.6 is 0 Å². The first-order valence-electron chi connectivity index (χ1n) is 6.64. The third-order valence-corrected chi connectivity index (χ3v) is 3.84. The Bertz CT molecular complexity index is 680. The summed E-state index contributed by atoms with van der Waals surface area (Å²) in [6, 6.07) is 9.21. The fraction of sp³-hybridized carbons (Fsp3) is 0.200. The van der Waals surface area contributed by atoms with Crippen LogP contribution < -0.4 is 10.6 Å². The zero-order valence-corrected chi connectivity index (χ0v) is 12.8. The molecule has 2 rings (SSSR count). The van der Waals surface area contributed by atoms with E-state index in [9.17, 15) is 13.4 Å². The molecule has 2 amide bonds. The number of rotatable bonds is 5. The van der Waals surface area contributed by atoms with Gasteiger partial charge in [-0.05, 0) is 30.3 Å². The molecular weight excluding hydrogens is 305 g/mol. The van der Waals surface area contributed by atoms with E-state index in [0.29, 0.717) is 18.7 Å². The van der Waals surface area contributed by atoms with E-state index in [2.05, 4.69) is 15.6 Å². The number of anilines is 1. The van der Waals surface area contributed by atoms with E-state index >= 15 is 0 Å². The van der Waals surface area contributed by atoms with Crippen LogP contribution in [0.3, 0.4) is 0 Å². The molecule has 1 heterocycles. The molecule has 0 fully saturated rings. The number of aromatic nitrogens is 1. The Hall–Kier alpha value is -2.28. The van der Waals surface area contributed by atoms with E-state index in [1.807, 2.05) is 18.2 Å². The average Bonchev–Trinajstić information content (AvgIpc) is 2.48. The second-order valence-corrected chi connectivity index (χ2v) is 5.90. The second kappa shape index (κ2) is 7.65. The molecule has 22 heavy (non-hydrogen) atoms. The van der Waals surface area contributed by atoms with Crippen molar-refractivity contribution in [3.05, 3.63) is 54.1 Å². The number of nitrogens with zero attached hydrogens (tertiary/aromatic N) is 1. The molecule has 1 aromatic heterocycles. The van der Waals surface area contributed by atoms with Crippen LogP contribution in [-0.4, -0.2) is 28.0 Å². The van der Waals surface area contributed by atoms with Crippen molar-refractivity contribution in [2.45, 2.75) is 11.3 Å². The molecule has 2 N–H and O–H groups in total. The molecule has 0 aliphatic heterocycles. The van der Waals surface area contributed by atoms with E-state index < -0.39 is 22.6 Å². The second-order valence-electron chi connectivity index (χ2n) is 4.55. The molecule has 7 heteroatoms. The standard InChI is InChI=1S/C15H16FN3O2S/c1-22(21)14-6-5-12(10-13(14)16)19-15(20)18-9-7-11-4-2-3-8-17-11/h2-6,8,10H,7,9H2,1H3,(H2,18,19,20)/t22-/m0/s1. The first kappa shape index (κ1) is 16.1. The minimum Gasteiger partial charge on any atom is -0.337 e. The smallest absolute Gasteiger partial charge is 0.319 e. The summed E-state index contributed by atoms with van der Waals surface area (Å²) in [6.07, 6.45) is 3.70. The van der Waals surface area contributed by atoms with Gasteiger partial charge in [0, 0.05) is 36.8 Å². The highest BCUT2D eigenvalue weighted by atomic mass is 32.2. The van der Waals surface area contributed by atoms with Crippen molar-refractivity contribution in [1.82, 2.24) is 10.3 Å². The molecule has 0 aliphatic carbocycles. The maximum atomic E-state index is 13.7. The Morgan fingerprint density at radius 2 is 2.14 bits per heavy atom. The summed E-state index contributed by atoms with van der Waals surface area (Å²) in [5.41, 5.74) is 1.19. The van der Waals surface area contributed by atoms with Gasteiger partial charge in [-0.1, -0.05) is 6.07 Å². The highest BCUT2D eigenvalue weighted by Gasteiger charge is 2.08. The summed E-state index contributed by atoms with van der Waals surface area (Å²) in [5, 5.41) is 5.19. The number of hydrogen-bond donors (Lipinski definition) is 2.